The maximum Gasteiger partial charge on any atom is 0.306 e. The van der Waals surface area contributed by atoms with E-state index in [1.54, 1.807) is 12.1 Å². The van der Waals surface area contributed by atoms with Gasteiger partial charge >= 0.3 is 5.97 Å². The lowest BCUT2D eigenvalue weighted by molar-refractivity contribution is -0.141. The van der Waals surface area contributed by atoms with Crippen molar-refractivity contribution in [1.29, 1.82) is 0 Å². The molecule has 1 atom stereocenters. The smallest absolute Gasteiger partial charge is 0.306 e. The normalized spacial score (nSPS) is 12.8. The Morgan fingerprint density at radius 1 is 1.40 bits per heavy atom. The fourth-order valence-electron chi connectivity index (χ4n) is 2.42. The third-order valence-corrected chi connectivity index (χ3v) is 3.79. The Kier molecular flexibility index (Phi) is 4.54. The van der Waals surface area contributed by atoms with Crippen LogP contribution in [-0.2, 0) is 9.53 Å². The first-order valence-corrected chi connectivity index (χ1v) is 7.27. The van der Waals surface area contributed by atoms with Crippen molar-refractivity contribution in [2.45, 2.75) is 32.6 Å². The van der Waals surface area contributed by atoms with E-state index in [-0.39, 0.29) is 24.1 Å². The van der Waals surface area contributed by atoms with E-state index in [1.807, 2.05) is 0 Å². The number of carbonyl (C=O) groups is 1. The lowest BCUT2D eigenvalue weighted by Gasteiger charge is -2.19. The van der Waals surface area contributed by atoms with E-state index in [0.29, 0.717) is 17.0 Å². The van der Waals surface area contributed by atoms with Gasteiger partial charge in [-0.15, -0.1) is 0 Å². The molecule has 1 aromatic carbocycles. The van der Waals surface area contributed by atoms with Gasteiger partial charge in [0.25, 0.3) is 0 Å². The quantitative estimate of drug-likeness (QED) is 0.858. The van der Waals surface area contributed by atoms with Crippen LogP contribution in [0.2, 0.25) is 0 Å². The van der Waals surface area contributed by atoms with Gasteiger partial charge in [-0.3, -0.25) is 4.79 Å². The van der Waals surface area contributed by atoms with E-state index in [9.17, 15) is 9.90 Å². The van der Waals surface area contributed by atoms with Gasteiger partial charge < -0.3 is 9.84 Å². The Balaban J connectivity index is 2.46. The van der Waals surface area contributed by atoms with Crippen LogP contribution < -0.4 is 0 Å². The number of nitrogens with zero attached hydrogens (tertiary/aromatic N) is 2. The van der Waals surface area contributed by atoms with Crippen LogP contribution in [0.15, 0.2) is 12.1 Å². The van der Waals surface area contributed by atoms with Gasteiger partial charge in [0.2, 0.25) is 0 Å². The number of methoxy groups -OCH3 is 1. The molecule has 0 fully saturated rings. The molecule has 108 valence electrons. The molecule has 0 aliphatic rings. The number of phenols is 1. The summed E-state index contributed by atoms with van der Waals surface area (Å²) in [4.78, 5) is 11.6. The van der Waals surface area contributed by atoms with Gasteiger partial charge in [-0.25, -0.2) is 0 Å². The minimum atomic E-state index is -0.282. The lowest BCUT2D eigenvalue weighted by Crippen LogP contribution is -2.11. The molecule has 1 N–H and O–H groups in total. The summed E-state index contributed by atoms with van der Waals surface area (Å²) in [5.41, 5.74) is 2.14. The number of benzene rings is 1. The summed E-state index contributed by atoms with van der Waals surface area (Å²) in [7, 11) is 1.37. The van der Waals surface area contributed by atoms with Gasteiger partial charge in [0, 0.05) is 11.5 Å². The van der Waals surface area contributed by atoms with Gasteiger partial charge in [0.1, 0.15) is 16.8 Å². The summed E-state index contributed by atoms with van der Waals surface area (Å²) in [5.74, 6) is 0.163. The zero-order valence-electron chi connectivity index (χ0n) is 11.8. The largest absolute Gasteiger partial charge is 0.508 e. The molecule has 6 heteroatoms. The Bertz CT molecular complexity index is 609. The number of hydrogen-bond acceptors (Lipinski definition) is 6. The topological polar surface area (TPSA) is 72.3 Å². The maximum absolute atomic E-state index is 11.6. The molecular weight excluding hydrogens is 276 g/mol. The molecule has 5 nitrogen and oxygen atoms in total. The van der Waals surface area contributed by atoms with Crippen LogP contribution >= 0.6 is 11.7 Å². The minimum absolute atomic E-state index is 0.116. The summed E-state index contributed by atoms with van der Waals surface area (Å²) in [6, 6.07) is 3.35. The van der Waals surface area contributed by atoms with Crippen molar-refractivity contribution in [3.05, 3.63) is 17.7 Å². The van der Waals surface area contributed by atoms with Gasteiger partial charge in [-0.1, -0.05) is 13.8 Å². The van der Waals surface area contributed by atoms with E-state index in [0.717, 1.165) is 23.7 Å². The van der Waals surface area contributed by atoms with Crippen molar-refractivity contribution in [2.75, 3.05) is 7.11 Å². The van der Waals surface area contributed by atoms with Crippen molar-refractivity contribution < 1.29 is 14.6 Å². The molecule has 2 aromatic rings. The molecule has 20 heavy (non-hydrogen) atoms. The summed E-state index contributed by atoms with van der Waals surface area (Å²) < 4.78 is 13.2. The molecule has 0 aliphatic heterocycles. The standard InChI is InChI=1S/C14H18N2O3S/c1-8(2)6-9(7-12(18)19-3)13-11(17)5-4-10-14(13)16-20-15-10/h4-5,8-9,17H,6-7H2,1-3H3/t9-/m0/s1. The van der Waals surface area contributed by atoms with E-state index in [4.69, 9.17) is 4.74 Å². The number of rotatable bonds is 5. The first kappa shape index (κ1) is 14.7. The van der Waals surface area contributed by atoms with Crippen molar-refractivity contribution in [3.63, 3.8) is 0 Å². The number of esters is 1. The molecule has 0 amide bonds. The molecule has 0 saturated heterocycles. The van der Waals surface area contributed by atoms with Crippen molar-refractivity contribution in [1.82, 2.24) is 8.75 Å². The minimum Gasteiger partial charge on any atom is -0.508 e. The highest BCUT2D eigenvalue weighted by atomic mass is 32.1. The average molecular weight is 294 g/mol. The van der Waals surface area contributed by atoms with Gasteiger partial charge in [-0.05, 0) is 24.5 Å². The van der Waals surface area contributed by atoms with E-state index in [2.05, 4.69) is 22.6 Å². The van der Waals surface area contributed by atoms with E-state index >= 15 is 0 Å². The van der Waals surface area contributed by atoms with E-state index in [1.165, 1.54) is 7.11 Å². The van der Waals surface area contributed by atoms with Crippen LogP contribution in [0.4, 0.5) is 0 Å². The van der Waals surface area contributed by atoms with Crippen molar-refractivity contribution >= 4 is 28.7 Å². The van der Waals surface area contributed by atoms with Gasteiger partial charge in [0.15, 0.2) is 0 Å². The zero-order chi connectivity index (χ0) is 14.7. The van der Waals surface area contributed by atoms with Gasteiger partial charge in [-0.2, -0.15) is 8.75 Å². The number of fused-ring (bicyclic) bond motifs is 1. The molecule has 2 rings (SSSR count). The first-order valence-electron chi connectivity index (χ1n) is 6.53. The second-order valence-corrected chi connectivity index (χ2v) is 5.77. The number of aromatic nitrogens is 2. The summed E-state index contributed by atoms with van der Waals surface area (Å²) in [6.07, 6.45) is 1.01. The maximum atomic E-state index is 11.6. The highest BCUT2D eigenvalue weighted by molar-refractivity contribution is 7.00. The average Bonchev–Trinajstić information content (AvgIpc) is 2.85. The molecule has 0 aliphatic carbocycles. The molecule has 0 unspecified atom stereocenters. The molecule has 0 saturated carbocycles. The molecular formula is C14H18N2O3S. The summed E-state index contributed by atoms with van der Waals surface area (Å²) >= 11 is 1.11. The summed E-state index contributed by atoms with van der Waals surface area (Å²) in [5, 5.41) is 10.2. The lowest BCUT2D eigenvalue weighted by atomic mass is 9.86. The first-order chi connectivity index (χ1) is 9.52. The SMILES string of the molecule is COC(=O)C[C@H](CC(C)C)c1c(O)ccc2nsnc12. The number of carbonyl (C=O) groups excluding carboxylic acids is 1. The Morgan fingerprint density at radius 2 is 2.15 bits per heavy atom. The second kappa shape index (κ2) is 6.17. The molecule has 1 aromatic heterocycles. The monoisotopic (exact) mass is 294 g/mol. The van der Waals surface area contributed by atoms with E-state index < -0.39 is 0 Å². The van der Waals surface area contributed by atoms with Crippen molar-refractivity contribution in [3.8, 4) is 5.75 Å². The predicted molar refractivity (Wildman–Crippen MR) is 77.9 cm³/mol. The second-order valence-electron chi connectivity index (χ2n) is 5.24. The molecule has 1 heterocycles. The Labute approximate surface area is 121 Å². The highest BCUT2D eigenvalue weighted by Gasteiger charge is 2.24. The molecule has 0 spiro atoms. The van der Waals surface area contributed by atoms with Crippen LogP contribution in [0.5, 0.6) is 5.75 Å². The number of phenolic OH excluding ortho intramolecular Hbond substituents is 1. The predicted octanol–water partition coefficient (Wildman–Crippen LogP) is 3.09. The Morgan fingerprint density at radius 3 is 2.80 bits per heavy atom. The third kappa shape index (κ3) is 3.07. The van der Waals surface area contributed by atoms with Crippen molar-refractivity contribution in [2.24, 2.45) is 5.92 Å². The van der Waals surface area contributed by atoms with Crippen LogP contribution in [0.25, 0.3) is 11.0 Å². The third-order valence-electron chi connectivity index (χ3n) is 3.25. The molecule has 0 bridgehead atoms. The van der Waals surface area contributed by atoms with Crippen LogP contribution in [-0.4, -0.2) is 26.9 Å². The number of hydrogen-bond donors (Lipinski definition) is 1. The fraction of sp³-hybridized carbons (Fsp3) is 0.500. The number of aromatic hydroxyl groups is 1. The Hall–Kier alpha value is -1.69. The fourth-order valence-corrected chi connectivity index (χ4v) is 2.97. The van der Waals surface area contributed by atoms with Gasteiger partial charge in [0.05, 0.1) is 25.3 Å². The van der Waals surface area contributed by atoms with Crippen LogP contribution in [0, 0.1) is 5.92 Å². The van der Waals surface area contributed by atoms with Crippen LogP contribution in [0.1, 0.15) is 38.2 Å². The molecule has 0 radical (unpaired) electrons. The zero-order valence-corrected chi connectivity index (χ0v) is 12.6. The summed E-state index contributed by atoms with van der Waals surface area (Å²) in [6.45, 7) is 4.17. The highest BCUT2D eigenvalue weighted by Crippen LogP contribution is 2.37. The van der Waals surface area contributed by atoms with Crippen LogP contribution in [0.3, 0.4) is 0 Å². The number of ether oxygens (including phenoxy) is 1.